The first-order chi connectivity index (χ1) is 12.5. The number of carbonyl (C=O) groups excluding carboxylic acids is 1. The summed E-state index contributed by atoms with van der Waals surface area (Å²) in [5, 5.41) is 3.27. The maximum absolute atomic E-state index is 12.6. The fraction of sp³-hybridized carbons (Fsp3) is 0.333. The summed E-state index contributed by atoms with van der Waals surface area (Å²) in [6.45, 7) is 7.03. The van der Waals surface area contributed by atoms with E-state index in [2.05, 4.69) is 27.0 Å². The number of likely N-dealkylation sites (N-methyl/N-ethyl adjacent to an activating group) is 1. The number of carbonyl (C=O) groups is 1. The van der Waals surface area contributed by atoms with Crippen LogP contribution in [0.2, 0.25) is 15.1 Å². The average Bonchev–Trinajstić information content (AvgIpc) is 2.66. The number of nitrogens with zero attached hydrogens (tertiary/aromatic N) is 3. The van der Waals surface area contributed by atoms with E-state index in [4.69, 9.17) is 34.8 Å². The first kappa shape index (κ1) is 19.2. The molecule has 5 nitrogen and oxygen atoms in total. The number of amides is 1. The summed E-state index contributed by atoms with van der Waals surface area (Å²) in [7, 11) is 0. The Bertz CT molecular complexity index is 807. The SMILES string of the molecule is CCN1CCN(c2ccccc2NC(=O)c2ncc(Cl)c(Cl)c2Cl)CC1. The second-order valence-electron chi connectivity index (χ2n) is 5.98. The molecule has 0 saturated carbocycles. The number of hydrogen-bond donors (Lipinski definition) is 1. The number of nitrogens with one attached hydrogen (secondary N) is 1. The summed E-state index contributed by atoms with van der Waals surface area (Å²) in [6, 6.07) is 7.71. The minimum absolute atomic E-state index is 0.0470. The first-order valence-electron chi connectivity index (χ1n) is 8.38. The van der Waals surface area contributed by atoms with Gasteiger partial charge in [-0.2, -0.15) is 0 Å². The molecule has 0 unspecified atom stereocenters. The van der Waals surface area contributed by atoms with Gasteiger partial charge in [-0.15, -0.1) is 0 Å². The van der Waals surface area contributed by atoms with E-state index in [0.717, 1.165) is 38.4 Å². The van der Waals surface area contributed by atoms with Crippen LogP contribution in [0.25, 0.3) is 0 Å². The third kappa shape index (κ3) is 4.07. The minimum atomic E-state index is -0.423. The van der Waals surface area contributed by atoms with Crippen LogP contribution >= 0.6 is 34.8 Å². The van der Waals surface area contributed by atoms with Crippen molar-refractivity contribution in [2.24, 2.45) is 0 Å². The predicted octanol–water partition coefficient (Wildman–Crippen LogP) is 4.44. The third-order valence-corrected chi connectivity index (χ3v) is 5.69. The maximum atomic E-state index is 12.6. The monoisotopic (exact) mass is 412 g/mol. The van der Waals surface area contributed by atoms with Gasteiger partial charge in [-0.1, -0.05) is 53.9 Å². The lowest BCUT2D eigenvalue weighted by Crippen LogP contribution is -2.46. The highest BCUT2D eigenvalue weighted by Crippen LogP contribution is 2.32. The molecule has 1 saturated heterocycles. The Balaban J connectivity index is 1.81. The van der Waals surface area contributed by atoms with Crippen molar-refractivity contribution in [1.29, 1.82) is 0 Å². The van der Waals surface area contributed by atoms with E-state index >= 15 is 0 Å². The fourth-order valence-corrected chi connectivity index (χ4v) is 3.51. The molecule has 0 spiro atoms. The van der Waals surface area contributed by atoms with E-state index in [-0.39, 0.29) is 20.8 Å². The lowest BCUT2D eigenvalue weighted by Gasteiger charge is -2.36. The molecule has 1 fully saturated rings. The lowest BCUT2D eigenvalue weighted by atomic mass is 10.2. The quantitative estimate of drug-likeness (QED) is 0.805. The van der Waals surface area contributed by atoms with Crippen LogP contribution in [0.15, 0.2) is 30.5 Å². The Morgan fingerprint density at radius 2 is 1.81 bits per heavy atom. The van der Waals surface area contributed by atoms with Crippen molar-refractivity contribution in [2.75, 3.05) is 42.9 Å². The molecule has 138 valence electrons. The largest absolute Gasteiger partial charge is 0.367 e. The number of anilines is 2. The van der Waals surface area contributed by atoms with Gasteiger partial charge in [-0.25, -0.2) is 4.98 Å². The summed E-state index contributed by atoms with van der Waals surface area (Å²) in [6.07, 6.45) is 1.32. The van der Waals surface area contributed by atoms with Crippen LogP contribution in [0, 0.1) is 0 Å². The highest BCUT2D eigenvalue weighted by molar-refractivity contribution is 6.49. The minimum Gasteiger partial charge on any atom is -0.367 e. The maximum Gasteiger partial charge on any atom is 0.275 e. The molecule has 0 bridgehead atoms. The van der Waals surface area contributed by atoms with Crippen molar-refractivity contribution in [3.63, 3.8) is 0 Å². The van der Waals surface area contributed by atoms with Crippen molar-refractivity contribution in [3.05, 3.63) is 51.2 Å². The van der Waals surface area contributed by atoms with Gasteiger partial charge in [0.25, 0.3) is 5.91 Å². The van der Waals surface area contributed by atoms with Crippen molar-refractivity contribution >= 4 is 52.1 Å². The van der Waals surface area contributed by atoms with Crippen molar-refractivity contribution in [2.45, 2.75) is 6.92 Å². The van der Waals surface area contributed by atoms with Gasteiger partial charge in [0.2, 0.25) is 0 Å². The second-order valence-corrected chi connectivity index (χ2v) is 7.14. The van der Waals surface area contributed by atoms with Gasteiger partial charge in [0.1, 0.15) is 5.69 Å². The van der Waals surface area contributed by atoms with Gasteiger partial charge in [0.15, 0.2) is 0 Å². The molecule has 1 amide bonds. The van der Waals surface area contributed by atoms with Gasteiger partial charge < -0.3 is 15.1 Å². The van der Waals surface area contributed by atoms with E-state index in [9.17, 15) is 4.79 Å². The highest BCUT2D eigenvalue weighted by atomic mass is 35.5. The molecule has 0 aliphatic carbocycles. The van der Waals surface area contributed by atoms with Crippen molar-refractivity contribution in [1.82, 2.24) is 9.88 Å². The fourth-order valence-electron chi connectivity index (χ4n) is 2.94. The van der Waals surface area contributed by atoms with Crippen LogP contribution in [0.3, 0.4) is 0 Å². The molecule has 0 atom stereocenters. The topological polar surface area (TPSA) is 48.5 Å². The van der Waals surface area contributed by atoms with Crippen molar-refractivity contribution in [3.8, 4) is 0 Å². The summed E-state index contributed by atoms with van der Waals surface area (Å²) in [5.41, 5.74) is 1.74. The highest BCUT2D eigenvalue weighted by Gasteiger charge is 2.21. The summed E-state index contributed by atoms with van der Waals surface area (Å²) in [5.74, 6) is -0.423. The molecular formula is C18H19Cl3N4O. The van der Waals surface area contributed by atoms with Crippen LogP contribution in [-0.4, -0.2) is 48.5 Å². The van der Waals surface area contributed by atoms with E-state index < -0.39 is 5.91 Å². The smallest absolute Gasteiger partial charge is 0.275 e. The van der Waals surface area contributed by atoms with Gasteiger partial charge >= 0.3 is 0 Å². The van der Waals surface area contributed by atoms with Crippen molar-refractivity contribution < 1.29 is 4.79 Å². The van der Waals surface area contributed by atoms with E-state index in [0.29, 0.717) is 5.69 Å². The summed E-state index contributed by atoms with van der Waals surface area (Å²) in [4.78, 5) is 21.3. The predicted molar refractivity (Wildman–Crippen MR) is 108 cm³/mol. The lowest BCUT2D eigenvalue weighted by molar-refractivity contribution is 0.102. The third-order valence-electron chi connectivity index (χ3n) is 4.44. The normalized spacial score (nSPS) is 15.2. The van der Waals surface area contributed by atoms with Gasteiger partial charge in [0.05, 0.1) is 26.4 Å². The van der Waals surface area contributed by atoms with Crippen LogP contribution in [0.4, 0.5) is 11.4 Å². The molecule has 1 aromatic carbocycles. The summed E-state index contributed by atoms with van der Waals surface area (Å²) >= 11 is 18.0. The number of halogens is 3. The molecule has 26 heavy (non-hydrogen) atoms. The zero-order chi connectivity index (χ0) is 18.7. The Morgan fingerprint density at radius 3 is 2.50 bits per heavy atom. The zero-order valence-electron chi connectivity index (χ0n) is 14.3. The molecule has 0 radical (unpaired) electrons. The van der Waals surface area contributed by atoms with Crippen LogP contribution in [-0.2, 0) is 0 Å². The average molecular weight is 414 g/mol. The Hall–Kier alpha value is -1.53. The Morgan fingerprint density at radius 1 is 1.12 bits per heavy atom. The van der Waals surface area contributed by atoms with E-state index in [1.54, 1.807) is 0 Å². The van der Waals surface area contributed by atoms with Gasteiger partial charge in [-0.05, 0) is 18.7 Å². The standard InChI is InChI=1S/C18H19Cl3N4O/c1-2-24-7-9-25(10-8-24)14-6-4-3-5-13(14)23-18(26)17-16(21)15(20)12(19)11-22-17/h3-6,11H,2,7-10H2,1H3,(H,23,26). The second kappa shape index (κ2) is 8.44. The molecule has 8 heteroatoms. The van der Waals surface area contributed by atoms with Crippen LogP contribution in [0.5, 0.6) is 0 Å². The number of rotatable bonds is 4. The van der Waals surface area contributed by atoms with Crippen LogP contribution < -0.4 is 10.2 Å². The summed E-state index contributed by atoms with van der Waals surface area (Å²) < 4.78 is 0. The number of para-hydroxylation sites is 2. The van der Waals surface area contributed by atoms with E-state index in [1.807, 2.05) is 24.3 Å². The molecule has 1 aliphatic heterocycles. The van der Waals surface area contributed by atoms with Crippen LogP contribution in [0.1, 0.15) is 17.4 Å². The first-order valence-corrected chi connectivity index (χ1v) is 9.51. The number of benzene rings is 1. The molecular weight excluding hydrogens is 395 g/mol. The molecule has 1 N–H and O–H groups in total. The molecule has 3 rings (SSSR count). The Labute approximate surface area is 167 Å². The number of pyridine rings is 1. The molecule has 2 heterocycles. The zero-order valence-corrected chi connectivity index (χ0v) is 16.6. The molecule has 2 aromatic rings. The van der Waals surface area contributed by atoms with Gasteiger partial charge in [-0.3, -0.25) is 4.79 Å². The molecule has 1 aliphatic rings. The van der Waals surface area contributed by atoms with Gasteiger partial charge in [0, 0.05) is 32.4 Å². The number of piperazine rings is 1. The molecule has 1 aromatic heterocycles. The number of aromatic nitrogens is 1. The van der Waals surface area contributed by atoms with E-state index in [1.165, 1.54) is 6.20 Å². The number of hydrogen-bond acceptors (Lipinski definition) is 4. The Kier molecular flexibility index (Phi) is 6.24.